The summed E-state index contributed by atoms with van der Waals surface area (Å²) in [7, 11) is 0. The highest BCUT2D eigenvalue weighted by molar-refractivity contribution is 6.37. The number of ether oxygens (including phenoxy) is 1. The average molecular weight is 414 g/mol. The van der Waals surface area contributed by atoms with E-state index in [2.05, 4.69) is 10.3 Å². The van der Waals surface area contributed by atoms with E-state index in [0.29, 0.717) is 10.7 Å². The van der Waals surface area contributed by atoms with Crippen molar-refractivity contribution in [1.82, 2.24) is 4.98 Å². The number of nitrogens with one attached hydrogen (secondary N) is 1. The topological polar surface area (TPSA) is 68.3 Å². The molecular weight excluding hydrogens is 399 g/mol. The molecule has 0 fully saturated rings. The van der Waals surface area contributed by atoms with Crippen molar-refractivity contribution >= 4 is 52.2 Å². The van der Waals surface area contributed by atoms with E-state index >= 15 is 0 Å². The second kappa shape index (κ2) is 9.03. The fraction of sp³-hybridized carbons (Fsp3) is 0.167. The van der Waals surface area contributed by atoms with Gasteiger partial charge in [0, 0.05) is 6.20 Å². The Morgan fingerprint density at radius 2 is 1.92 bits per heavy atom. The highest BCUT2D eigenvalue weighted by Gasteiger charge is 2.24. The van der Waals surface area contributed by atoms with E-state index in [1.54, 1.807) is 19.1 Å². The summed E-state index contributed by atoms with van der Waals surface area (Å²) in [5, 5.41) is 3.38. The number of benzene rings is 1. The van der Waals surface area contributed by atoms with Gasteiger partial charge in [-0.2, -0.15) is 0 Å². The van der Waals surface area contributed by atoms with Crippen LogP contribution in [0.3, 0.4) is 0 Å². The summed E-state index contributed by atoms with van der Waals surface area (Å²) in [6.45, 7) is 3.59. The minimum Gasteiger partial charge on any atom is -0.462 e. The van der Waals surface area contributed by atoms with Crippen LogP contribution in [0.25, 0.3) is 0 Å². The van der Waals surface area contributed by atoms with Crippen molar-refractivity contribution in [2.45, 2.75) is 13.8 Å². The molecule has 2 aromatic rings. The van der Waals surface area contributed by atoms with Crippen molar-refractivity contribution in [3.63, 3.8) is 0 Å². The number of pyridine rings is 1. The summed E-state index contributed by atoms with van der Waals surface area (Å²) < 4.78 is 4.97. The lowest BCUT2D eigenvalue weighted by Crippen LogP contribution is -2.18. The SMILES string of the molecule is CCOC(=O)C(=CNc1c(C)cccc1Cl)C(=O)c1ccc(Cl)nc1Cl. The van der Waals surface area contributed by atoms with Gasteiger partial charge in [-0.25, -0.2) is 9.78 Å². The molecule has 8 heteroatoms. The second-order valence-electron chi connectivity index (χ2n) is 5.16. The number of aryl methyl sites for hydroxylation is 1. The van der Waals surface area contributed by atoms with Gasteiger partial charge >= 0.3 is 5.97 Å². The molecule has 0 aliphatic heterocycles. The van der Waals surface area contributed by atoms with Crippen LogP contribution in [0.4, 0.5) is 5.69 Å². The first kappa shape index (κ1) is 20.2. The normalized spacial score (nSPS) is 11.2. The molecule has 0 aliphatic carbocycles. The van der Waals surface area contributed by atoms with Gasteiger partial charge in [0.2, 0.25) is 5.78 Å². The Labute approximate surface area is 165 Å². The summed E-state index contributed by atoms with van der Waals surface area (Å²) in [5.74, 6) is -1.43. The number of ketones is 1. The number of aromatic nitrogens is 1. The summed E-state index contributed by atoms with van der Waals surface area (Å²) in [6.07, 6.45) is 1.25. The van der Waals surface area contributed by atoms with Gasteiger partial charge in [-0.15, -0.1) is 0 Å². The Kier molecular flexibility index (Phi) is 7.03. The predicted octanol–water partition coefficient (Wildman–Crippen LogP) is 5.09. The number of hydrogen-bond acceptors (Lipinski definition) is 5. The van der Waals surface area contributed by atoms with E-state index in [1.165, 1.54) is 18.3 Å². The third kappa shape index (κ3) is 4.75. The van der Waals surface area contributed by atoms with Crippen LogP contribution in [0.2, 0.25) is 15.3 Å². The number of rotatable bonds is 6. The minimum atomic E-state index is -0.791. The average Bonchev–Trinajstić information content (AvgIpc) is 2.57. The van der Waals surface area contributed by atoms with Crippen LogP contribution in [-0.2, 0) is 9.53 Å². The van der Waals surface area contributed by atoms with Crippen molar-refractivity contribution in [3.05, 3.63) is 68.6 Å². The Bertz CT molecular complexity index is 862. The molecule has 0 atom stereocenters. The van der Waals surface area contributed by atoms with Crippen LogP contribution in [0.1, 0.15) is 22.8 Å². The third-order valence-corrected chi connectivity index (χ3v) is 4.20. The standard InChI is InChI=1S/C18H15Cl3N2O3/c1-3-26-18(25)12(9-22-15-10(2)5-4-6-13(15)19)16(24)11-7-8-14(20)23-17(11)21/h4-9,22H,3H2,1-2H3. The van der Waals surface area contributed by atoms with Gasteiger partial charge in [0.05, 0.1) is 22.9 Å². The molecule has 2 rings (SSSR count). The largest absolute Gasteiger partial charge is 0.462 e. The Morgan fingerprint density at radius 3 is 2.54 bits per heavy atom. The fourth-order valence-electron chi connectivity index (χ4n) is 2.11. The number of anilines is 1. The number of carbonyl (C=O) groups excluding carboxylic acids is 2. The minimum absolute atomic E-state index is 0.0352. The Hall–Kier alpha value is -2.08. The van der Waals surface area contributed by atoms with Crippen molar-refractivity contribution in [1.29, 1.82) is 0 Å². The van der Waals surface area contributed by atoms with Crippen molar-refractivity contribution in [2.75, 3.05) is 11.9 Å². The molecule has 136 valence electrons. The molecule has 0 radical (unpaired) electrons. The van der Waals surface area contributed by atoms with Crippen LogP contribution in [0, 0.1) is 6.92 Å². The van der Waals surface area contributed by atoms with Gasteiger partial charge in [-0.3, -0.25) is 4.79 Å². The summed E-state index contributed by atoms with van der Waals surface area (Å²) in [5.41, 5.74) is 1.21. The van der Waals surface area contributed by atoms with E-state index in [4.69, 9.17) is 39.5 Å². The van der Waals surface area contributed by atoms with Gasteiger partial charge in [0.1, 0.15) is 15.9 Å². The molecular formula is C18H15Cl3N2O3. The van der Waals surface area contributed by atoms with Gasteiger partial charge in [-0.05, 0) is 37.6 Å². The zero-order chi connectivity index (χ0) is 19.3. The molecule has 0 saturated heterocycles. The van der Waals surface area contributed by atoms with E-state index in [0.717, 1.165) is 5.56 Å². The maximum Gasteiger partial charge on any atom is 0.343 e. The zero-order valence-corrected chi connectivity index (χ0v) is 16.2. The first-order valence-corrected chi connectivity index (χ1v) is 8.74. The number of nitrogens with zero attached hydrogens (tertiary/aromatic N) is 1. The van der Waals surface area contributed by atoms with E-state index < -0.39 is 11.8 Å². The highest BCUT2D eigenvalue weighted by Crippen LogP contribution is 2.26. The van der Waals surface area contributed by atoms with Gasteiger partial charge < -0.3 is 10.1 Å². The maximum absolute atomic E-state index is 12.8. The molecule has 1 aromatic carbocycles. The van der Waals surface area contributed by atoms with E-state index in [9.17, 15) is 9.59 Å². The van der Waals surface area contributed by atoms with Crippen LogP contribution < -0.4 is 5.32 Å². The monoisotopic (exact) mass is 412 g/mol. The molecule has 26 heavy (non-hydrogen) atoms. The molecule has 0 spiro atoms. The number of carbonyl (C=O) groups is 2. The highest BCUT2D eigenvalue weighted by atomic mass is 35.5. The lowest BCUT2D eigenvalue weighted by atomic mass is 10.1. The first-order valence-electron chi connectivity index (χ1n) is 7.60. The number of hydrogen-bond donors (Lipinski definition) is 1. The quantitative estimate of drug-likeness (QED) is 0.178. The lowest BCUT2D eigenvalue weighted by Gasteiger charge is -2.11. The molecule has 0 amide bonds. The van der Waals surface area contributed by atoms with E-state index in [1.807, 2.05) is 13.0 Å². The Morgan fingerprint density at radius 1 is 1.19 bits per heavy atom. The van der Waals surface area contributed by atoms with Crippen LogP contribution in [0.5, 0.6) is 0 Å². The second-order valence-corrected chi connectivity index (χ2v) is 6.31. The molecule has 1 aromatic heterocycles. The van der Waals surface area contributed by atoms with Crippen molar-refractivity contribution < 1.29 is 14.3 Å². The van der Waals surface area contributed by atoms with Gasteiger partial charge in [-0.1, -0.05) is 46.9 Å². The van der Waals surface area contributed by atoms with Gasteiger partial charge in [0.15, 0.2) is 0 Å². The maximum atomic E-state index is 12.8. The van der Waals surface area contributed by atoms with Crippen LogP contribution >= 0.6 is 34.8 Å². The van der Waals surface area contributed by atoms with E-state index in [-0.39, 0.29) is 28.0 Å². The number of halogens is 3. The summed E-state index contributed by atoms with van der Waals surface area (Å²) >= 11 is 17.9. The number of para-hydroxylation sites is 1. The van der Waals surface area contributed by atoms with Crippen molar-refractivity contribution in [3.8, 4) is 0 Å². The zero-order valence-electron chi connectivity index (χ0n) is 14.0. The third-order valence-electron chi connectivity index (χ3n) is 3.38. The molecule has 0 saturated carbocycles. The smallest absolute Gasteiger partial charge is 0.343 e. The summed E-state index contributed by atoms with van der Waals surface area (Å²) in [4.78, 5) is 28.8. The molecule has 0 aliphatic rings. The molecule has 0 unspecified atom stereocenters. The lowest BCUT2D eigenvalue weighted by molar-refractivity contribution is -0.138. The Balaban J connectivity index is 2.43. The first-order chi connectivity index (χ1) is 12.3. The molecule has 5 nitrogen and oxygen atoms in total. The fourth-order valence-corrected chi connectivity index (χ4v) is 2.82. The number of esters is 1. The van der Waals surface area contributed by atoms with Gasteiger partial charge in [0.25, 0.3) is 0 Å². The molecule has 1 heterocycles. The van der Waals surface area contributed by atoms with Crippen molar-refractivity contribution in [2.24, 2.45) is 0 Å². The summed E-state index contributed by atoms with van der Waals surface area (Å²) in [6, 6.07) is 8.14. The molecule has 0 bridgehead atoms. The number of Topliss-reactive ketones (excluding diaryl/α,β-unsaturated/α-hetero) is 1. The predicted molar refractivity (Wildman–Crippen MR) is 103 cm³/mol. The molecule has 1 N–H and O–H groups in total. The van der Waals surface area contributed by atoms with Crippen LogP contribution in [-0.4, -0.2) is 23.3 Å². The van der Waals surface area contributed by atoms with Crippen LogP contribution in [0.15, 0.2) is 42.1 Å².